The molecule has 1 atom stereocenters. The molecule has 0 saturated carbocycles. The predicted octanol–water partition coefficient (Wildman–Crippen LogP) is 1.82. The molecule has 1 saturated heterocycles. The minimum atomic E-state index is -1.39. The Bertz CT molecular complexity index is 541. The highest BCUT2D eigenvalue weighted by Gasteiger charge is 2.31. The maximum absolute atomic E-state index is 13.2. The molecule has 6 nitrogen and oxygen atoms in total. The first-order chi connectivity index (χ1) is 9.39. The Hall–Kier alpha value is -2.15. The highest BCUT2D eigenvalue weighted by Crippen LogP contribution is 2.18. The smallest absolute Gasteiger partial charge is 0.338 e. The Kier molecular flexibility index (Phi) is 3.89. The molecule has 1 unspecified atom stereocenters. The van der Waals surface area contributed by atoms with Crippen molar-refractivity contribution in [2.45, 2.75) is 18.9 Å². The number of anilines is 1. The number of carboxylic acids is 1. The van der Waals surface area contributed by atoms with E-state index in [0.717, 1.165) is 12.1 Å². The van der Waals surface area contributed by atoms with Gasteiger partial charge >= 0.3 is 12.0 Å². The zero-order valence-electron chi connectivity index (χ0n) is 10.9. The quantitative estimate of drug-likeness (QED) is 0.789. The van der Waals surface area contributed by atoms with Crippen molar-refractivity contribution in [3.63, 3.8) is 0 Å². The number of hydrogen-bond donors (Lipinski definition) is 3. The van der Waals surface area contributed by atoms with E-state index in [4.69, 9.17) is 9.84 Å². The summed E-state index contributed by atoms with van der Waals surface area (Å²) in [5.41, 5.74) is -0.721. The molecule has 1 fully saturated rings. The van der Waals surface area contributed by atoms with Crippen molar-refractivity contribution in [3.8, 4) is 0 Å². The summed E-state index contributed by atoms with van der Waals surface area (Å²) in [5.74, 6) is -2.23. The summed E-state index contributed by atoms with van der Waals surface area (Å²) in [6, 6.07) is 2.89. The van der Waals surface area contributed by atoms with E-state index in [0.29, 0.717) is 19.6 Å². The van der Waals surface area contributed by atoms with Crippen LogP contribution in [0.2, 0.25) is 0 Å². The normalized spacial score (nSPS) is 21.5. The molecule has 2 rings (SSSR count). The lowest BCUT2D eigenvalue weighted by molar-refractivity contribution is 0.0692. The first kappa shape index (κ1) is 14.3. The topological polar surface area (TPSA) is 87.7 Å². The summed E-state index contributed by atoms with van der Waals surface area (Å²) in [6.07, 6.45) is 0.699. The SMILES string of the molecule is CC1(NC(=O)Nc2ccc(F)c(C(=O)O)c2)CCOC1. The fourth-order valence-electron chi connectivity index (χ4n) is 1.97. The monoisotopic (exact) mass is 282 g/mol. The number of nitrogens with one attached hydrogen (secondary N) is 2. The van der Waals surface area contributed by atoms with Crippen molar-refractivity contribution < 1.29 is 23.8 Å². The van der Waals surface area contributed by atoms with Crippen LogP contribution in [0.3, 0.4) is 0 Å². The molecule has 1 heterocycles. The van der Waals surface area contributed by atoms with Crippen LogP contribution < -0.4 is 10.6 Å². The number of aromatic carboxylic acids is 1. The van der Waals surface area contributed by atoms with E-state index in [2.05, 4.69) is 10.6 Å². The summed E-state index contributed by atoms with van der Waals surface area (Å²) >= 11 is 0. The molecule has 0 bridgehead atoms. The number of hydrogen-bond acceptors (Lipinski definition) is 3. The number of urea groups is 1. The van der Waals surface area contributed by atoms with Gasteiger partial charge in [-0.3, -0.25) is 0 Å². The Morgan fingerprint density at radius 1 is 1.45 bits per heavy atom. The molecule has 1 aliphatic rings. The number of carbonyl (C=O) groups excluding carboxylic acids is 1. The van der Waals surface area contributed by atoms with Gasteiger partial charge in [-0.25, -0.2) is 14.0 Å². The van der Waals surface area contributed by atoms with Crippen LogP contribution in [0.15, 0.2) is 18.2 Å². The second-order valence-corrected chi connectivity index (χ2v) is 4.94. The van der Waals surface area contributed by atoms with Gasteiger partial charge in [0.25, 0.3) is 0 Å². The lowest BCUT2D eigenvalue weighted by Crippen LogP contribution is -2.48. The zero-order valence-corrected chi connectivity index (χ0v) is 10.9. The third-order valence-corrected chi connectivity index (χ3v) is 3.09. The lowest BCUT2D eigenvalue weighted by atomic mass is 10.0. The number of rotatable bonds is 3. The molecule has 3 N–H and O–H groups in total. The van der Waals surface area contributed by atoms with Gasteiger partial charge in [-0.2, -0.15) is 0 Å². The number of carboxylic acid groups (broad SMARTS) is 1. The Morgan fingerprint density at radius 3 is 2.80 bits per heavy atom. The molecule has 0 radical (unpaired) electrons. The van der Waals surface area contributed by atoms with Crippen molar-refractivity contribution in [1.29, 1.82) is 0 Å². The van der Waals surface area contributed by atoms with E-state index in [9.17, 15) is 14.0 Å². The summed E-state index contributed by atoms with van der Waals surface area (Å²) in [5, 5.41) is 14.0. The van der Waals surface area contributed by atoms with Gasteiger partial charge < -0.3 is 20.5 Å². The van der Waals surface area contributed by atoms with Crippen LogP contribution in [0.1, 0.15) is 23.7 Å². The summed E-state index contributed by atoms with van der Waals surface area (Å²) in [6.45, 7) is 2.85. The minimum absolute atomic E-state index is 0.212. The van der Waals surface area contributed by atoms with E-state index >= 15 is 0 Å². The van der Waals surface area contributed by atoms with Gasteiger partial charge in [-0.05, 0) is 31.5 Å². The first-order valence-corrected chi connectivity index (χ1v) is 6.09. The number of halogens is 1. The predicted molar refractivity (Wildman–Crippen MR) is 69.4 cm³/mol. The van der Waals surface area contributed by atoms with Crippen molar-refractivity contribution in [1.82, 2.24) is 5.32 Å². The third-order valence-electron chi connectivity index (χ3n) is 3.09. The molecule has 108 valence electrons. The third kappa shape index (κ3) is 3.24. The molecule has 0 spiro atoms. The molecular weight excluding hydrogens is 267 g/mol. The molecule has 1 aromatic rings. The van der Waals surface area contributed by atoms with Crippen molar-refractivity contribution in [2.24, 2.45) is 0 Å². The molecule has 2 amide bonds. The molecule has 0 aliphatic carbocycles. The highest BCUT2D eigenvalue weighted by molar-refractivity contribution is 5.93. The van der Waals surface area contributed by atoms with E-state index in [-0.39, 0.29) is 5.69 Å². The van der Waals surface area contributed by atoms with Crippen LogP contribution in [0.4, 0.5) is 14.9 Å². The van der Waals surface area contributed by atoms with Crippen LogP contribution in [0.5, 0.6) is 0 Å². The molecule has 7 heteroatoms. The molecule has 0 aromatic heterocycles. The second-order valence-electron chi connectivity index (χ2n) is 4.94. The van der Waals surface area contributed by atoms with Crippen molar-refractivity contribution in [3.05, 3.63) is 29.6 Å². The van der Waals surface area contributed by atoms with Crippen molar-refractivity contribution >= 4 is 17.7 Å². The van der Waals surface area contributed by atoms with Crippen molar-refractivity contribution in [2.75, 3.05) is 18.5 Å². The largest absolute Gasteiger partial charge is 0.478 e. The van der Waals surface area contributed by atoms with Gasteiger partial charge in [0, 0.05) is 12.3 Å². The number of ether oxygens (including phenoxy) is 1. The number of carbonyl (C=O) groups is 2. The van der Waals surface area contributed by atoms with Crippen LogP contribution in [0.25, 0.3) is 0 Å². The Morgan fingerprint density at radius 2 is 2.20 bits per heavy atom. The fraction of sp³-hybridized carbons (Fsp3) is 0.385. The maximum atomic E-state index is 13.2. The van der Waals surface area contributed by atoms with Gasteiger partial charge in [0.1, 0.15) is 5.82 Å². The molecular formula is C13H15FN2O4. The Balaban J connectivity index is 2.04. The van der Waals surface area contributed by atoms with Crippen LogP contribution in [0, 0.1) is 5.82 Å². The first-order valence-electron chi connectivity index (χ1n) is 6.09. The van der Waals surface area contributed by atoms with E-state index in [1.54, 1.807) is 0 Å². The average molecular weight is 282 g/mol. The van der Waals surface area contributed by atoms with Gasteiger partial charge in [0.2, 0.25) is 0 Å². The van der Waals surface area contributed by atoms with Crippen LogP contribution in [-0.4, -0.2) is 35.9 Å². The summed E-state index contributed by atoms with van der Waals surface area (Å²) in [4.78, 5) is 22.6. The van der Waals surface area contributed by atoms with Crippen LogP contribution >= 0.6 is 0 Å². The Labute approximate surface area is 114 Å². The van der Waals surface area contributed by atoms with Gasteiger partial charge in [-0.1, -0.05) is 0 Å². The summed E-state index contributed by atoms with van der Waals surface area (Å²) < 4.78 is 18.4. The van der Waals surface area contributed by atoms with E-state index < -0.39 is 28.9 Å². The number of benzene rings is 1. The standard InChI is InChI=1S/C13H15FN2O4/c1-13(4-5-20-7-13)16-12(19)15-8-2-3-10(14)9(6-8)11(17)18/h2-3,6H,4-5,7H2,1H3,(H,17,18)(H2,15,16,19). The van der Waals surface area contributed by atoms with E-state index in [1.807, 2.05) is 6.92 Å². The summed E-state index contributed by atoms with van der Waals surface area (Å²) in [7, 11) is 0. The maximum Gasteiger partial charge on any atom is 0.338 e. The van der Waals surface area contributed by atoms with Crippen LogP contribution in [-0.2, 0) is 4.74 Å². The lowest BCUT2D eigenvalue weighted by Gasteiger charge is -2.23. The molecule has 1 aromatic carbocycles. The van der Waals surface area contributed by atoms with E-state index in [1.165, 1.54) is 6.07 Å². The molecule has 20 heavy (non-hydrogen) atoms. The number of amides is 2. The molecule has 1 aliphatic heterocycles. The fourth-order valence-corrected chi connectivity index (χ4v) is 1.97. The van der Waals surface area contributed by atoms with Gasteiger partial charge in [0.15, 0.2) is 0 Å². The second kappa shape index (κ2) is 5.46. The van der Waals surface area contributed by atoms with Gasteiger partial charge in [-0.15, -0.1) is 0 Å². The average Bonchev–Trinajstić information content (AvgIpc) is 2.77. The van der Waals surface area contributed by atoms with Gasteiger partial charge in [0.05, 0.1) is 17.7 Å². The highest BCUT2D eigenvalue weighted by atomic mass is 19.1. The minimum Gasteiger partial charge on any atom is -0.478 e. The zero-order chi connectivity index (χ0) is 14.8.